The number of carbonyl (C=O) groups is 3. The van der Waals surface area contributed by atoms with Crippen LogP contribution < -0.4 is 15.4 Å². The van der Waals surface area contributed by atoms with Gasteiger partial charge in [0, 0.05) is 30.6 Å². The summed E-state index contributed by atoms with van der Waals surface area (Å²) in [5.74, 6) is 2.53. The van der Waals surface area contributed by atoms with Crippen molar-refractivity contribution in [2.45, 2.75) is 76.2 Å². The second-order valence-electron chi connectivity index (χ2n) is 18.1. The van der Waals surface area contributed by atoms with E-state index in [0.29, 0.717) is 37.9 Å². The molecule has 8 atom stereocenters. The van der Waals surface area contributed by atoms with Crippen LogP contribution in [0.1, 0.15) is 74.0 Å². The molecule has 3 aliphatic heterocycles. The van der Waals surface area contributed by atoms with Crippen molar-refractivity contribution in [1.29, 1.82) is 0 Å². The van der Waals surface area contributed by atoms with Crippen molar-refractivity contribution in [3.8, 4) is 28.1 Å². The molecule has 3 fully saturated rings. The number of hydrogen-bond donors (Lipinski definition) is 5. The van der Waals surface area contributed by atoms with Gasteiger partial charge in [-0.3, -0.25) is 9.69 Å². The maximum absolute atomic E-state index is 14.0. The monoisotopic (exact) mass is 882 g/mol. The van der Waals surface area contributed by atoms with Crippen LogP contribution in [0, 0.1) is 17.8 Å². The summed E-state index contributed by atoms with van der Waals surface area (Å²) in [5, 5.41) is 19.5. The van der Waals surface area contributed by atoms with Gasteiger partial charge < -0.3 is 49.6 Å². The standard InChI is InChI=1S/C49H54N8O8/c1-25(2)41(54-48(60)63-4)47(59)57-37-18-30(37)19-39(57)45-51-35-14-12-28-17-34-32-13-11-29(16-31(32)24-65-40(34)20-33(28)43(35)53-45)36-21-50-44(52-36)38-15-26(23-62-3)22-56(38)46(58)42(55-49(61)64-5)27-9-7-6-8-10-27/h6-14,16-17,20-21,25-26,30,37-39,41-42,46,58H,15,18-19,22-24H2,1-5H3,(H,50,52)(H,51,53)(H,54,60)(H,55,61). The third kappa shape index (κ3) is 7.82. The Labute approximate surface area is 376 Å². The van der Waals surface area contributed by atoms with Gasteiger partial charge >= 0.3 is 12.2 Å². The van der Waals surface area contributed by atoms with Crippen LogP contribution >= 0.6 is 0 Å². The Kier molecular flexibility index (Phi) is 11.2. The molecule has 1 saturated carbocycles. The number of nitrogens with zero attached hydrogens (tertiary/aromatic N) is 4. The Morgan fingerprint density at radius 1 is 0.892 bits per heavy atom. The Balaban J connectivity index is 0.907. The van der Waals surface area contributed by atoms with E-state index in [1.165, 1.54) is 14.2 Å². The average Bonchev–Trinajstić information content (AvgIpc) is 3.79. The van der Waals surface area contributed by atoms with Gasteiger partial charge in [-0.05, 0) is 88.9 Å². The number of hydrogen-bond acceptors (Lipinski definition) is 11. The zero-order valence-electron chi connectivity index (χ0n) is 37.0. The molecule has 0 radical (unpaired) electrons. The molecule has 2 aromatic heterocycles. The second kappa shape index (κ2) is 17.1. The molecule has 1 aliphatic carbocycles. The molecule has 4 aliphatic rings. The summed E-state index contributed by atoms with van der Waals surface area (Å²) in [6.45, 7) is 5.27. The number of imidazole rings is 2. The van der Waals surface area contributed by atoms with Gasteiger partial charge in [0.1, 0.15) is 36.3 Å². The fourth-order valence-electron chi connectivity index (χ4n) is 10.4. The molecule has 0 spiro atoms. The normalized spacial score (nSPS) is 22.4. The Hall–Kier alpha value is -6.49. The maximum Gasteiger partial charge on any atom is 0.407 e. The number of aromatic nitrogens is 4. The van der Waals surface area contributed by atoms with E-state index in [4.69, 9.17) is 28.9 Å². The van der Waals surface area contributed by atoms with Gasteiger partial charge in [0.15, 0.2) is 0 Å². The largest absolute Gasteiger partial charge is 0.488 e. The molecule has 5 N–H and O–H groups in total. The lowest BCUT2D eigenvalue weighted by molar-refractivity contribution is -0.136. The van der Waals surface area contributed by atoms with E-state index in [-0.39, 0.29) is 35.9 Å². The topological polar surface area (TPSA) is 196 Å². The van der Waals surface area contributed by atoms with Crippen molar-refractivity contribution in [3.05, 3.63) is 102 Å². The Bertz CT molecular complexity index is 2770. The number of benzene rings is 4. The van der Waals surface area contributed by atoms with Crippen molar-refractivity contribution in [3.63, 3.8) is 0 Å². The van der Waals surface area contributed by atoms with Gasteiger partial charge in [0.05, 0.1) is 61.9 Å². The number of likely N-dealkylation sites (tertiary alicyclic amines) is 2. The summed E-state index contributed by atoms with van der Waals surface area (Å²) in [5.41, 5.74) is 7.34. The van der Waals surface area contributed by atoms with Crippen molar-refractivity contribution in [2.24, 2.45) is 17.8 Å². The number of fused-ring (bicyclic) bond motifs is 7. The highest BCUT2D eigenvalue weighted by Crippen LogP contribution is 2.54. The van der Waals surface area contributed by atoms with E-state index in [0.717, 1.165) is 79.7 Å². The van der Waals surface area contributed by atoms with E-state index in [1.54, 1.807) is 7.11 Å². The molecule has 5 heterocycles. The van der Waals surface area contributed by atoms with Gasteiger partial charge in [-0.25, -0.2) is 19.6 Å². The summed E-state index contributed by atoms with van der Waals surface area (Å²) < 4.78 is 21.8. The highest BCUT2D eigenvalue weighted by atomic mass is 16.5. The number of carbonyl (C=O) groups excluding carboxylic acids is 3. The van der Waals surface area contributed by atoms with Crippen LogP contribution in [0.3, 0.4) is 0 Å². The van der Waals surface area contributed by atoms with E-state index in [1.807, 2.05) is 66.2 Å². The number of nitrogens with one attached hydrogen (secondary N) is 4. The van der Waals surface area contributed by atoms with Gasteiger partial charge in [-0.15, -0.1) is 0 Å². The molecular formula is C49H54N8O8. The zero-order chi connectivity index (χ0) is 45.1. The minimum atomic E-state index is -1.08. The number of rotatable bonds is 12. The number of amides is 3. The predicted octanol–water partition coefficient (Wildman–Crippen LogP) is 7.13. The van der Waals surface area contributed by atoms with E-state index < -0.39 is 30.5 Å². The number of aromatic amines is 2. The summed E-state index contributed by atoms with van der Waals surface area (Å²) in [4.78, 5) is 59.7. The summed E-state index contributed by atoms with van der Waals surface area (Å²) in [6.07, 6.45) is 1.96. The number of ether oxygens (including phenoxy) is 4. The smallest absolute Gasteiger partial charge is 0.407 e. The highest BCUT2D eigenvalue weighted by Gasteiger charge is 2.56. The number of alkyl carbamates (subject to hydrolysis) is 2. The summed E-state index contributed by atoms with van der Waals surface area (Å²) in [6, 6.07) is 22.3. The molecule has 65 heavy (non-hydrogen) atoms. The summed E-state index contributed by atoms with van der Waals surface area (Å²) >= 11 is 0. The lowest BCUT2D eigenvalue weighted by Gasteiger charge is -2.34. The number of aliphatic hydroxyl groups excluding tert-OH is 1. The van der Waals surface area contributed by atoms with E-state index >= 15 is 0 Å². The van der Waals surface area contributed by atoms with Crippen LogP contribution in [0.5, 0.6) is 5.75 Å². The van der Waals surface area contributed by atoms with Crippen LogP contribution in [0.15, 0.2) is 79.0 Å². The molecule has 0 bridgehead atoms. The van der Waals surface area contributed by atoms with E-state index in [2.05, 4.69) is 57.0 Å². The average molecular weight is 883 g/mol. The first-order chi connectivity index (χ1) is 31.5. The molecule has 10 rings (SSSR count). The molecule has 16 heteroatoms. The molecule has 16 nitrogen and oxygen atoms in total. The lowest BCUT2D eigenvalue weighted by atomic mass is 9.92. The van der Waals surface area contributed by atoms with Crippen LogP contribution in [0.2, 0.25) is 0 Å². The lowest BCUT2D eigenvalue weighted by Crippen LogP contribution is -2.52. The van der Waals surface area contributed by atoms with Gasteiger partial charge in [-0.1, -0.05) is 62.4 Å². The molecule has 4 aromatic carbocycles. The molecule has 3 amide bonds. The third-order valence-electron chi connectivity index (χ3n) is 13.7. The van der Waals surface area contributed by atoms with Gasteiger partial charge in [0.2, 0.25) is 5.91 Å². The summed E-state index contributed by atoms with van der Waals surface area (Å²) in [7, 11) is 4.28. The zero-order valence-corrected chi connectivity index (χ0v) is 37.0. The fourth-order valence-corrected chi connectivity index (χ4v) is 10.4. The van der Waals surface area contributed by atoms with Crippen molar-refractivity contribution in [2.75, 3.05) is 34.5 Å². The number of H-pyrrole nitrogens is 2. The molecular weight excluding hydrogens is 829 g/mol. The van der Waals surface area contributed by atoms with Crippen LogP contribution in [0.4, 0.5) is 9.59 Å². The molecule has 6 aromatic rings. The van der Waals surface area contributed by atoms with Crippen molar-refractivity contribution in [1.82, 2.24) is 40.4 Å². The van der Waals surface area contributed by atoms with Crippen LogP contribution in [-0.4, -0.2) is 106 Å². The first kappa shape index (κ1) is 42.5. The Morgan fingerprint density at radius 3 is 2.46 bits per heavy atom. The maximum atomic E-state index is 14.0. The predicted molar refractivity (Wildman–Crippen MR) is 241 cm³/mol. The fraction of sp³-hybridized carbons (Fsp3) is 0.408. The highest BCUT2D eigenvalue weighted by molar-refractivity contribution is 6.07. The first-order valence-electron chi connectivity index (χ1n) is 22.3. The quantitative estimate of drug-likeness (QED) is 0.0839. The van der Waals surface area contributed by atoms with Gasteiger partial charge in [-0.2, -0.15) is 0 Å². The number of aliphatic hydroxyl groups is 1. The second-order valence-corrected chi connectivity index (χ2v) is 18.1. The SMILES string of the molecule is COCC1CC(c2ncc(-c3ccc4c(c3)COc3cc5c(ccc6[nH]c(C7CC8CC8N7C(=O)C(NC(=O)OC)C(C)C)nc65)cc3-4)[nH]2)N(C(O)C(NC(=O)OC)c2ccccc2)C1. The molecule has 338 valence electrons. The molecule has 2 saturated heterocycles. The van der Waals surface area contributed by atoms with Crippen molar-refractivity contribution < 1.29 is 38.4 Å². The first-order valence-corrected chi connectivity index (χ1v) is 22.3. The van der Waals surface area contributed by atoms with Crippen molar-refractivity contribution >= 4 is 39.9 Å². The van der Waals surface area contributed by atoms with Crippen LogP contribution in [0.25, 0.3) is 44.2 Å². The number of methoxy groups -OCH3 is 3. The van der Waals surface area contributed by atoms with E-state index in [9.17, 15) is 19.5 Å². The van der Waals surface area contributed by atoms with Crippen LogP contribution in [-0.2, 0) is 25.6 Å². The number of piperidine rings is 1. The Morgan fingerprint density at radius 2 is 1.69 bits per heavy atom. The third-order valence-corrected chi connectivity index (χ3v) is 13.7. The molecule has 8 unspecified atom stereocenters. The minimum Gasteiger partial charge on any atom is -0.488 e. The van der Waals surface area contributed by atoms with Gasteiger partial charge in [0.25, 0.3) is 0 Å². The minimum absolute atomic E-state index is 0.113.